The van der Waals surface area contributed by atoms with Gasteiger partial charge in [-0.2, -0.15) is 0 Å². The van der Waals surface area contributed by atoms with Crippen LogP contribution < -0.4 is 0 Å². The van der Waals surface area contributed by atoms with Gasteiger partial charge in [0.1, 0.15) is 0 Å². The fourth-order valence-electron chi connectivity index (χ4n) is 1.92. The first kappa shape index (κ1) is 9.53. The standard InChI is InChI=1S/C11H19N/c1-9(2)6-12-7-10(3)5-11(4)8-12/h5,10H,1,6-8H2,2-4H3. The van der Waals surface area contributed by atoms with Gasteiger partial charge in [0, 0.05) is 19.6 Å². The van der Waals surface area contributed by atoms with Crippen molar-refractivity contribution in [3.8, 4) is 0 Å². The molecule has 0 aromatic heterocycles. The molecule has 0 bridgehead atoms. The first-order valence-electron chi connectivity index (χ1n) is 4.62. The molecular formula is C11H19N. The summed E-state index contributed by atoms with van der Waals surface area (Å²) in [5.74, 6) is 0.707. The number of hydrogen-bond acceptors (Lipinski definition) is 1. The van der Waals surface area contributed by atoms with Crippen molar-refractivity contribution in [2.24, 2.45) is 5.92 Å². The Morgan fingerprint density at radius 3 is 2.92 bits per heavy atom. The van der Waals surface area contributed by atoms with Crippen molar-refractivity contribution in [1.29, 1.82) is 0 Å². The second kappa shape index (κ2) is 3.90. The van der Waals surface area contributed by atoms with E-state index in [9.17, 15) is 0 Å². The Labute approximate surface area is 75.8 Å². The van der Waals surface area contributed by atoms with Gasteiger partial charge in [-0.25, -0.2) is 0 Å². The molecule has 1 rings (SSSR count). The minimum Gasteiger partial charge on any atom is -0.295 e. The van der Waals surface area contributed by atoms with Gasteiger partial charge in [-0.3, -0.25) is 4.90 Å². The van der Waals surface area contributed by atoms with E-state index in [0.29, 0.717) is 5.92 Å². The highest BCUT2D eigenvalue weighted by Gasteiger charge is 2.14. The third-order valence-electron chi connectivity index (χ3n) is 2.08. The molecule has 0 amide bonds. The van der Waals surface area contributed by atoms with Gasteiger partial charge in [-0.15, -0.1) is 0 Å². The maximum absolute atomic E-state index is 3.94. The van der Waals surface area contributed by atoms with Crippen molar-refractivity contribution < 1.29 is 0 Å². The van der Waals surface area contributed by atoms with E-state index >= 15 is 0 Å². The average Bonchev–Trinajstić information content (AvgIpc) is 1.81. The maximum Gasteiger partial charge on any atom is 0.0193 e. The summed E-state index contributed by atoms with van der Waals surface area (Å²) >= 11 is 0. The highest BCUT2D eigenvalue weighted by Crippen LogP contribution is 2.14. The molecule has 1 unspecified atom stereocenters. The van der Waals surface area contributed by atoms with Crippen LogP contribution in [0.15, 0.2) is 23.8 Å². The monoisotopic (exact) mass is 165 g/mol. The zero-order valence-electron chi connectivity index (χ0n) is 8.43. The molecule has 0 saturated heterocycles. The number of rotatable bonds is 2. The molecule has 0 aliphatic carbocycles. The first-order chi connectivity index (χ1) is 5.58. The van der Waals surface area contributed by atoms with Gasteiger partial charge in [0.2, 0.25) is 0 Å². The van der Waals surface area contributed by atoms with Crippen LogP contribution in [-0.2, 0) is 0 Å². The second-order valence-electron chi connectivity index (χ2n) is 4.12. The van der Waals surface area contributed by atoms with Crippen molar-refractivity contribution in [2.75, 3.05) is 19.6 Å². The van der Waals surface area contributed by atoms with Gasteiger partial charge in [0.15, 0.2) is 0 Å². The lowest BCUT2D eigenvalue weighted by Gasteiger charge is -2.29. The van der Waals surface area contributed by atoms with E-state index in [1.54, 1.807) is 0 Å². The first-order valence-corrected chi connectivity index (χ1v) is 4.62. The number of hydrogen-bond donors (Lipinski definition) is 0. The Kier molecular flexibility index (Phi) is 3.10. The van der Waals surface area contributed by atoms with Gasteiger partial charge in [-0.1, -0.05) is 30.7 Å². The minimum atomic E-state index is 0.707. The van der Waals surface area contributed by atoms with E-state index in [0.717, 1.165) is 13.1 Å². The number of nitrogens with zero attached hydrogens (tertiary/aromatic N) is 1. The van der Waals surface area contributed by atoms with E-state index < -0.39 is 0 Å². The van der Waals surface area contributed by atoms with Crippen molar-refractivity contribution in [3.05, 3.63) is 23.8 Å². The van der Waals surface area contributed by atoms with Gasteiger partial charge in [0.25, 0.3) is 0 Å². The smallest absolute Gasteiger partial charge is 0.0193 e. The normalized spacial score (nSPS) is 25.2. The zero-order chi connectivity index (χ0) is 9.14. The van der Waals surface area contributed by atoms with Crippen LogP contribution in [0.5, 0.6) is 0 Å². The zero-order valence-corrected chi connectivity index (χ0v) is 8.43. The van der Waals surface area contributed by atoms with E-state index in [4.69, 9.17) is 0 Å². The van der Waals surface area contributed by atoms with Crippen LogP contribution in [0, 0.1) is 5.92 Å². The summed E-state index contributed by atoms with van der Waals surface area (Å²) in [5, 5.41) is 0. The van der Waals surface area contributed by atoms with Gasteiger partial charge < -0.3 is 0 Å². The fourth-order valence-corrected chi connectivity index (χ4v) is 1.92. The molecule has 0 aromatic rings. The van der Waals surface area contributed by atoms with Crippen LogP contribution in [0.25, 0.3) is 0 Å². The van der Waals surface area contributed by atoms with E-state index in [-0.39, 0.29) is 0 Å². The quantitative estimate of drug-likeness (QED) is 0.568. The fraction of sp³-hybridized carbons (Fsp3) is 0.636. The lowest BCUT2D eigenvalue weighted by atomic mass is 10.0. The summed E-state index contributed by atoms with van der Waals surface area (Å²) < 4.78 is 0. The van der Waals surface area contributed by atoms with Gasteiger partial charge in [0.05, 0.1) is 0 Å². The molecule has 1 atom stereocenters. The molecule has 1 nitrogen and oxygen atoms in total. The van der Waals surface area contributed by atoms with Crippen LogP contribution in [0.2, 0.25) is 0 Å². The van der Waals surface area contributed by atoms with Gasteiger partial charge in [-0.05, 0) is 19.8 Å². The SMILES string of the molecule is C=C(C)CN1CC(C)=CC(C)C1. The molecule has 68 valence electrons. The lowest BCUT2D eigenvalue weighted by molar-refractivity contribution is 0.279. The third kappa shape index (κ3) is 2.82. The summed E-state index contributed by atoms with van der Waals surface area (Å²) in [7, 11) is 0. The lowest BCUT2D eigenvalue weighted by Crippen LogP contribution is -2.34. The Morgan fingerprint density at radius 1 is 1.75 bits per heavy atom. The molecule has 0 spiro atoms. The molecular weight excluding hydrogens is 146 g/mol. The van der Waals surface area contributed by atoms with Crippen molar-refractivity contribution in [2.45, 2.75) is 20.8 Å². The predicted octanol–water partition coefficient (Wildman–Crippen LogP) is 2.46. The topological polar surface area (TPSA) is 3.24 Å². The van der Waals surface area contributed by atoms with Gasteiger partial charge >= 0.3 is 0 Å². The van der Waals surface area contributed by atoms with Crippen LogP contribution >= 0.6 is 0 Å². The van der Waals surface area contributed by atoms with E-state index in [2.05, 4.69) is 38.3 Å². The molecule has 0 N–H and O–H groups in total. The summed E-state index contributed by atoms with van der Waals surface area (Å²) in [6.07, 6.45) is 2.37. The summed E-state index contributed by atoms with van der Waals surface area (Å²) in [6.45, 7) is 13.9. The Balaban J connectivity index is 2.49. The molecule has 1 aliphatic heterocycles. The third-order valence-corrected chi connectivity index (χ3v) is 2.08. The van der Waals surface area contributed by atoms with Crippen molar-refractivity contribution in [1.82, 2.24) is 4.90 Å². The van der Waals surface area contributed by atoms with Crippen molar-refractivity contribution >= 4 is 0 Å². The molecule has 1 heteroatoms. The van der Waals surface area contributed by atoms with Crippen LogP contribution in [-0.4, -0.2) is 24.5 Å². The highest BCUT2D eigenvalue weighted by molar-refractivity contribution is 5.09. The largest absolute Gasteiger partial charge is 0.295 e. The molecule has 0 radical (unpaired) electrons. The summed E-state index contributed by atoms with van der Waals surface area (Å²) in [5.41, 5.74) is 2.76. The van der Waals surface area contributed by atoms with E-state index in [1.165, 1.54) is 17.7 Å². The predicted molar refractivity (Wildman–Crippen MR) is 54.2 cm³/mol. The maximum atomic E-state index is 3.94. The molecule has 12 heavy (non-hydrogen) atoms. The van der Waals surface area contributed by atoms with Crippen LogP contribution in [0.1, 0.15) is 20.8 Å². The minimum absolute atomic E-state index is 0.707. The molecule has 0 saturated carbocycles. The Bertz CT molecular complexity index is 203. The van der Waals surface area contributed by atoms with E-state index in [1.807, 2.05) is 0 Å². The Morgan fingerprint density at radius 2 is 2.42 bits per heavy atom. The highest BCUT2D eigenvalue weighted by atomic mass is 15.1. The summed E-state index contributed by atoms with van der Waals surface area (Å²) in [4.78, 5) is 2.46. The van der Waals surface area contributed by atoms with Crippen LogP contribution in [0.4, 0.5) is 0 Å². The average molecular weight is 165 g/mol. The Hall–Kier alpha value is -0.560. The molecule has 1 aliphatic rings. The molecule has 0 aromatic carbocycles. The molecule has 1 heterocycles. The van der Waals surface area contributed by atoms with Crippen molar-refractivity contribution in [3.63, 3.8) is 0 Å². The van der Waals surface area contributed by atoms with Crippen LogP contribution in [0.3, 0.4) is 0 Å². The second-order valence-corrected chi connectivity index (χ2v) is 4.12. The summed E-state index contributed by atoms with van der Waals surface area (Å²) in [6, 6.07) is 0. The molecule has 0 fully saturated rings.